The summed E-state index contributed by atoms with van der Waals surface area (Å²) in [5, 5.41) is 11.0. The molecule has 1 aromatic rings. The maximum Gasteiger partial charge on any atom is 0.287 e. The number of aliphatic hydroxyl groups excluding tert-OH is 1. The maximum atomic E-state index is 12.9. The second kappa shape index (κ2) is 6.37. The van der Waals surface area contributed by atoms with Gasteiger partial charge >= 0.3 is 0 Å². The van der Waals surface area contributed by atoms with Gasteiger partial charge in [0.25, 0.3) is 11.8 Å². The first-order valence-electron chi connectivity index (χ1n) is 5.88. The highest BCUT2D eigenvalue weighted by Crippen LogP contribution is 2.21. The third-order valence-electron chi connectivity index (χ3n) is 2.47. The molecule has 0 aliphatic heterocycles. The highest BCUT2D eigenvalue weighted by Gasteiger charge is 2.34. The number of hydrogen-bond donors (Lipinski definition) is 2. The number of nitrogens with one attached hydrogen (secondary N) is 1. The lowest BCUT2D eigenvalue weighted by molar-refractivity contribution is -0.136. The molecule has 1 rings (SSSR count). The smallest absolute Gasteiger partial charge is 0.287 e. The minimum absolute atomic E-state index is 0.392. The first kappa shape index (κ1) is 16.7. The molecule has 4 nitrogen and oxygen atoms in total. The number of amides is 1. The van der Waals surface area contributed by atoms with Crippen molar-refractivity contribution in [3.8, 4) is 5.75 Å². The molecule has 1 amide bonds. The standard InChI is InChI=1S/C13H16ClF2NO3/c1-12(2,11(19)17-7-13(15,16)8-18)20-10-5-3-9(14)4-6-10/h3-6,18H,7-8H2,1-2H3,(H,17,19). The Morgan fingerprint density at radius 3 is 2.40 bits per heavy atom. The molecule has 0 spiro atoms. The Kier molecular flexibility index (Phi) is 5.30. The molecule has 2 N–H and O–H groups in total. The molecule has 0 bridgehead atoms. The largest absolute Gasteiger partial charge is 0.478 e. The zero-order valence-corrected chi connectivity index (χ0v) is 11.9. The second-order valence-electron chi connectivity index (χ2n) is 4.76. The number of alkyl halides is 2. The summed E-state index contributed by atoms with van der Waals surface area (Å²) in [5.41, 5.74) is -1.33. The topological polar surface area (TPSA) is 58.6 Å². The third kappa shape index (κ3) is 4.94. The van der Waals surface area contributed by atoms with Crippen LogP contribution in [0, 0.1) is 0 Å². The van der Waals surface area contributed by atoms with Gasteiger partial charge in [-0.05, 0) is 38.1 Å². The lowest BCUT2D eigenvalue weighted by Gasteiger charge is -2.26. The van der Waals surface area contributed by atoms with E-state index in [1.54, 1.807) is 24.3 Å². The van der Waals surface area contributed by atoms with E-state index in [9.17, 15) is 13.6 Å². The van der Waals surface area contributed by atoms with Gasteiger partial charge < -0.3 is 15.2 Å². The fourth-order valence-electron chi connectivity index (χ4n) is 1.32. The van der Waals surface area contributed by atoms with Gasteiger partial charge in [-0.3, -0.25) is 4.79 Å². The highest BCUT2D eigenvalue weighted by atomic mass is 35.5. The summed E-state index contributed by atoms with van der Waals surface area (Å²) < 4.78 is 31.1. The van der Waals surface area contributed by atoms with Gasteiger partial charge in [0.05, 0.1) is 6.54 Å². The summed E-state index contributed by atoms with van der Waals surface area (Å²) in [4.78, 5) is 11.8. The van der Waals surface area contributed by atoms with Crippen molar-refractivity contribution in [3.05, 3.63) is 29.3 Å². The molecule has 0 fully saturated rings. The van der Waals surface area contributed by atoms with Crippen LogP contribution in [0.1, 0.15) is 13.8 Å². The van der Waals surface area contributed by atoms with Crippen LogP contribution in [0.25, 0.3) is 0 Å². The van der Waals surface area contributed by atoms with Crippen LogP contribution >= 0.6 is 11.6 Å². The molecule has 0 saturated carbocycles. The van der Waals surface area contributed by atoms with Gasteiger partial charge in [-0.1, -0.05) is 11.6 Å². The molecule has 20 heavy (non-hydrogen) atoms. The van der Waals surface area contributed by atoms with Gasteiger partial charge in [-0.15, -0.1) is 0 Å². The summed E-state index contributed by atoms with van der Waals surface area (Å²) in [6.45, 7) is 0.629. The van der Waals surface area contributed by atoms with Gasteiger partial charge in [0.1, 0.15) is 12.4 Å². The Hall–Kier alpha value is -1.40. The van der Waals surface area contributed by atoms with E-state index in [1.807, 2.05) is 5.32 Å². The minimum atomic E-state index is -3.36. The molecule has 0 atom stereocenters. The van der Waals surface area contributed by atoms with E-state index in [0.29, 0.717) is 10.8 Å². The van der Waals surface area contributed by atoms with Crippen molar-refractivity contribution in [2.75, 3.05) is 13.2 Å². The fraction of sp³-hybridized carbons (Fsp3) is 0.462. The third-order valence-corrected chi connectivity index (χ3v) is 2.72. The molecule has 112 valence electrons. The predicted octanol–water partition coefficient (Wildman–Crippen LogP) is 2.24. The number of ether oxygens (including phenoxy) is 1. The van der Waals surface area contributed by atoms with Gasteiger partial charge in [0.2, 0.25) is 0 Å². The van der Waals surface area contributed by atoms with Gasteiger partial charge in [0, 0.05) is 5.02 Å². The number of benzene rings is 1. The van der Waals surface area contributed by atoms with Crippen LogP contribution in [0.15, 0.2) is 24.3 Å². The van der Waals surface area contributed by atoms with Crippen molar-refractivity contribution in [2.45, 2.75) is 25.4 Å². The molecule has 0 unspecified atom stereocenters. The SMILES string of the molecule is CC(C)(Oc1ccc(Cl)cc1)C(=O)NCC(F)(F)CO. The van der Waals surface area contributed by atoms with Crippen LogP contribution in [0.3, 0.4) is 0 Å². The average Bonchev–Trinajstić information content (AvgIpc) is 2.38. The predicted molar refractivity (Wildman–Crippen MR) is 71.2 cm³/mol. The molecule has 0 aliphatic carbocycles. The van der Waals surface area contributed by atoms with Crippen molar-refractivity contribution in [1.29, 1.82) is 0 Å². The molecule has 0 aliphatic rings. The Labute approximate surface area is 120 Å². The van der Waals surface area contributed by atoms with Crippen molar-refractivity contribution < 1.29 is 23.4 Å². The molecule has 0 aromatic heterocycles. The summed E-state index contributed by atoms with van der Waals surface area (Å²) >= 11 is 5.72. The molecule has 0 saturated heterocycles. The van der Waals surface area contributed by atoms with E-state index in [4.69, 9.17) is 21.4 Å². The molecule has 7 heteroatoms. The molecule has 1 aromatic carbocycles. The fourth-order valence-corrected chi connectivity index (χ4v) is 1.45. The van der Waals surface area contributed by atoms with E-state index in [1.165, 1.54) is 13.8 Å². The minimum Gasteiger partial charge on any atom is -0.478 e. The van der Waals surface area contributed by atoms with Gasteiger partial charge in [-0.2, -0.15) is 0 Å². The van der Waals surface area contributed by atoms with Crippen LogP contribution in [0.4, 0.5) is 8.78 Å². The summed E-state index contributed by atoms with van der Waals surface area (Å²) in [5.74, 6) is -3.67. The van der Waals surface area contributed by atoms with Crippen molar-refractivity contribution in [2.24, 2.45) is 0 Å². The van der Waals surface area contributed by atoms with Crippen LogP contribution in [-0.2, 0) is 4.79 Å². The Morgan fingerprint density at radius 2 is 1.90 bits per heavy atom. The second-order valence-corrected chi connectivity index (χ2v) is 5.20. The zero-order valence-electron chi connectivity index (χ0n) is 11.1. The lowest BCUT2D eigenvalue weighted by Crippen LogP contribution is -2.50. The Bertz CT molecular complexity index is 463. The Morgan fingerprint density at radius 1 is 1.35 bits per heavy atom. The van der Waals surface area contributed by atoms with E-state index in [-0.39, 0.29) is 0 Å². The van der Waals surface area contributed by atoms with E-state index < -0.39 is 30.6 Å². The summed E-state index contributed by atoms with van der Waals surface area (Å²) in [6.07, 6.45) is 0. The van der Waals surface area contributed by atoms with E-state index in [0.717, 1.165) is 0 Å². The first-order chi connectivity index (χ1) is 9.16. The van der Waals surface area contributed by atoms with Crippen LogP contribution in [-0.4, -0.2) is 35.7 Å². The van der Waals surface area contributed by atoms with Crippen molar-refractivity contribution in [1.82, 2.24) is 5.32 Å². The van der Waals surface area contributed by atoms with Crippen molar-refractivity contribution in [3.63, 3.8) is 0 Å². The lowest BCUT2D eigenvalue weighted by atomic mass is 10.1. The average molecular weight is 308 g/mol. The summed E-state index contributed by atoms with van der Waals surface area (Å²) in [6, 6.07) is 6.31. The molecule has 0 heterocycles. The van der Waals surface area contributed by atoms with E-state index in [2.05, 4.69) is 0 Å². The van der Waals surface area contributed by atoms with E-state index >= 15 is 0 Å². The number of carbonyl (C=O) groups excluding carboxylic acids is 1. The molecule has 0 radical (unpaired) electrons. The van der Waals surface area contributed by atoms with Gasteiger partial charge in [-0.25, -0.2) is 8.78 Å². The highest BCUT2D eigenvalue weighted by molar-refractivity contribution is 6.30. The number of aliphatic hydroxyl groups is 1. The molecular formula is C13H16ClF2NO3. The van der Waals surface area contributed by atoms with Crippen LogP contribution in [0.2, 0.25) is 5.02 Å². The Balaban J connectivity index is 2.63. The maximum absolute atomic E-state index is 12.9. The first-order valence-corrected chi connectivity index (χ1v) is 6.26. The summed E-state index contributed by atoms with van der Waals surface area (Å²) in [7, 11) is 0. The van der Waals surface area contributed by atoms with Crippen LogP contribution < -0.4 is 10.1 Å². The van der Waals surface area contributed by atoms with Crippen molar-refractivity contribution >= 4 is 17.5 Å². The molecular weight excluding hydrogens is 292 g/mol. The van der Waals surface area contributed by atoms with Crippen LogP contribution in [0.5, 0.6) is 5.75 Å². The number of rotatable bonds is 6. The normalized spacial score (nSPS) is 12.1. The number of carbonyl (C=O) groups is 1. The quantitative estimate of drug-likeness (QED) is 0.847. The number of hydrogen-bond acceptors (Lipinski definition) is 3. The number of halogens is 3. The van der Waals surface area contributed by atoms with Gasteiger partial charge in [0.15, 0.2) is 5.60 Å². The monoisotopic (exact) mass is 307 g/mol. The zero-order chi connectivity index (χ0) is 15.4.